The third-order valence-corrected chi connectivity index (χ3v) is 2.24. The highest BCUT2D eigenvalue weighted by Crippen LogP contribution is 1.83. The SMILES string of the molecule is CC(NCCS(C)(=O)=O)C(=O)O. The Hall–Kier alpha value is -0.620. The molecular weight excluding hydrogens is 182 g/mol. The molecule has 0 aliphatic carbocycles. The minimum Gasteiger partial charge on any atom is -0.480 e. The molecule has 0 aliphatic rings. The molecule has 1 unspecified atom stereocenters. The van der Waals surface area contributed by atoms with E-state index in [1.165, 1.54) is 6.92 Å². The number of carbonyl (C=O) groups is 1. The Morgan fingerprint density at radius 3 is 2.42 bits per heavy atom. The second-order valence-corrected chi connectivity index (χ2v) is 4.90. The number of hydrogen-bond acceptors (Lipinski definition) is 4. The molecule has 0 bridgehead atoms. The summed E-state index contributed by atoms with van der Waals surface area (Å²) in [5, 5.41) is 11.0. The van der Waals surface area contributed by atoms with Crippen LogP contribution in [0.25, 0.3) is 0 Å². The van der Waals surface area contributed by atoms with Gasteiger partial charge in [0.2, 0.25) is 0 Å². The highest BCUT2D eigenvalue weighted by atomic mass is 32.2. The molecule has 0 saturated heterocycles. The number of hydrogen-bond donors (Lipinski definition) is 2. The van der Waals surface area contributed by atoms with Crippen molar-refractivity contribution in [3.63, 3.8) is 0 Å². The van der Waals surface area contributed by atoms with Crippen molar-refractivity contribution < 1.29 is 18.3 Å². The number of aliphatic carboxylic acids is 1. The third kappa shape index (κ3) is 6.11. The summed E-state index contributed by atoms with van der Waals surface area (Å²) in [7, 11) is -3.00. The zero-order valence-electron chi connectivity index (χ0n) is 7.07. The van der Waals surface area contributed by atoms with Crippen LogP contribution in [0.4, 0.5) is 0 Å². The summed E-state index contributed by atoms with van der Waals surface area (Å²) >= 11 is 0. The van der Waals surface area contributed by atoms with E-state index in [1.54, 1.807) is 0 Å². The van der Waals surface area contributed by atoms with E-state index in [2.05, 4.69) is 5.32 Å². The van der Waals surface area contributed by atoms with E-state index in [0.717, 1.165) is 6.26 Å². The molecule has 12 heavy (non-hydrogen) atoms. The lowest BCUT2D eigenvalue weighted by Gasteiger charge is -2.07. The molecular formula is C6H13NO4S. The molecule has 5 nitrogen and oxygen atoms in total. The van der Waals surface area contributed by atoms with Crippen LogP contribution in [0.15, 0.2) is 0 Å². The molecule has 0 aromatic carbocycles. The Morgan fingerprint density at radius 1 is 1.58 bits per heavy atom. The Balaban J connectivity index is 3.65. The van der Waals surface area contributed by atoms with Crippen LogP contribution in [0.3, 0.4) is 0 Å². The summed E-state index contributed by atoms with van der Waals surface area (Å²) < 4.78 is 21.2. The number of carboxylic acids is 1. The fourth-order valence-corrected chi connectivity index (χ4v) is 1.04. The van der Waals surface area contributed by atoms with E-state index in [9.17, 15) is 13.2 Å². The number of rotatable bonds is 5. The van der Waals surface area contributed by atoms with Crippen molar-refractivity contribution in [2.45, 2.75) is 13.0 Å². The molecule has 72 valence electrons. The van der Waals surface area contributed by atoms with E-state index in [4.69, 9.17) is 5.11 Å². The zero-order chi connectivity index (χ0) is 9.78. The first-order chi connectivity index (χ1) is 5.33. The van der Waals surface area contributed by atoms with E-state index in [1.807, 2.05) is 0 Å². The predicted octanol–water partition coefficient (Wildman–Crippen LogP) is -0.906. The van der Waals surface area contributed by atoms with Crippen molar-refractivity contribution in [2.75, 3.05) is 18.6 Å². The molecule has 0 aromatic heterocycles. The van der Waals surface area contributed by atoms with Gasteiger partial charge in [-0.3, -0.25) is 4.79 Å². The van der Waals surface area contributed by atoms with E-state index in [-0.39, 0.29) is 12.3 Å². The monoisotopic (exact) mass is 195 g/mol. The largest absolute Gasteiger partial charge is 0.480 e. The number of sulfone groups is 1. The van der Waals surface area contributed by atoms with Crippen LogP contribution < -0.4 is 5.32 Å². The standard InChI is InChI=1S/C6H13NO4S/c1-5(6(8)9)7-3-4-12(2,10)11/h5,7H,3-4H2,1-2H3,(H,8,9). The van der Waals surface area contributed by atoms with Crippen molar-refractivity contribution in [1.29, 1.82) is 0 Å². The molecule has 0 spiro atoms. The summed E-state index contributed by atoms with van der Waals surface area (Å²) in [6.45, 7) is 1.64. The van der Waals surface area contributed by atoms with E-state index >= 15 is 0 Å². The molecule has 2 N–H and O–H groups in total. The molecule has 0 heterocycles. The maximum Gasteiger partial charge on any atom is 0.320 e. The molecule has 0 amide bonds. The van der Waals surface area contributed by atoms with Crippen molar-refractivity contribution in [2.24, 2.45) is 0 Å². The predicted molar refractivity (Wildman–Crippen MR) is 44.8 cm³/mol. The Labute approximate surface area is 71.7 Å². The van der Waals surface area contributed by atoms with Crippen LogP contribution in [0, 0.1) is 0 Å². The molecule has 0 fully saturated rings. The highest BCUT2D eigenvalue weighted by molar-refractivity contribution is 7.90. The van der Waals surface area contributed by atoms with Crippen LogP contribution in [-0.4, -0.2) is 44.1 Å². The average Bonchev–Trinajstić information content (AvgIpc) is 1.84. The van der Waals surface area contributed by atoms with Gasteiger partial charge in [-0.25, -0.2) is 8.42 Å². The van der Waals surface area contributed by atoms with Crippen molar-refractivity contribution in [3.8, 4) is 0 Å². The minimum absolute atomic E-state index is 0.0371. The topological polar surface area (TPSA) is 83.5 Å². The first-order valence-corrected chi connectivity index (χ1v) is 5.53. The first-order valence-electron chi connectivity index (χ1n) is 3.47. The summed E-state index contributed by atoms with van der Waals surface area (Å²) in [6, 6.07) is -0.702. The lowest BCUT2D eigenvalue weighted by molar-refractivity contribution is -0.138. The quantitative estimate of drug-likeness (QED) is 0.593. The van der Waals surface area contributed by atoms with Gasteiger partial charge in [0, 0.05) is 12.8 Å². The molecule has 0 aliphatic heterocycles. The van der Waals surface area contributed by atoms with Gasteiger partial charge in [0.15, 0.2) is 0 Å². The summed E-state index contributed by atoms with van der Waals surface area (Å²) in [6.07, 6.45) is 1.11. The summed E-state index contributed by atoms with van der Waals surface area (Å²) in [5.41, 5.74) is 0. The van der Waals surface area contributed by atoms with Crippen LogP contribution in [0.2, 0.25) is 0 Å². The fourth-order valence-electron chi connectivity index (χ4n) is 0.548. The second-order valence-electron chi connectivity index (χ2n) is 2.64. The summed E-state index contributed by atoms with van der Waals surface area (Å²) in [4.78, 5) is 10.2. The van der Waals surface area contributed by atoms with Gasteiger partial charge in [0.05, 0.1) is 5.75 Å². The van der Waals surface area contributed by atoms with Crippen LogP contribution in [0.5, 0.6) is 0 Å². The van der Waals surface area contributed by atoms with E-state index < -0.39 is 21.8 Å². The number of nitrogens with one attached hydrogen (secondary N) is 1. The second kappa shape index (κ2) is 4.42. The van der Waals surface area contributed by atoms with Crippen molar-refractivity contribution >= 4 is 15.8 Å². The summed E-state index contributed by atoms with van der Waals surface area (Å²) in [5.74, 6) is -1.02. The maximum atomic E-state index is 10.6. The van der Waals surface area contributed by atoms with Gasteiger partial charge in [-0.05, 0) is 6.92 Å². The Kier molecular flexibility index (Phi) is 4.19. The Morgan fingerprint density at radius 2 is 2.08 bits per heavy atom. The molecule has 0 rings (SSSR count). The molecule has 0 radical (unpaired) electrons. The van der Waals surface area contributed by atoms with Gasteiger partial charge >= 0.3 is 5.97 Å². The van der Waals surface area contributed by atoms with Crippen LogP contribution in [-0.2, 0) is 14.6 Å². The lowest BCUT2D eigenvalue weighted by atomic mass is 10.3. The fraction of sp³-hybridized carbons (Fsp3) is 0.833. The average molecular weight is 195 g/mol. The highest BCUT2D eigenvalue weighted by Gasteiger charge is 2.10. The van der Waals surface area contributed by atoms with Crippen LogP contribution >= 0.6 is 0 Å². The molecule has 6 heteroatoms. The van der Waals surface area contributed by atoms with Gasteiger partial charge in [-0.15, -0.1) is 0 Å². The van der Waals surface area contributed by atoms with Gasteiger partial charge < -0.3 is 10.4 Å². The minimum atomic E-state index is -3.00. The maximum absolute atomic E-state index is 10.6. The van der Waals surface area contributed by atoms with Gasteiger partial charge in [-0.1, -0.05) is 0 Å². The van der Waals surface area contributed by atoms with Crippen LogP contribution in [0.1, 0.15) is 6.92 Å². The third-order valence-electron chi connectivity index (χ3n) is 1.29. The van der Waals surface area contributed by atoms with Gasteiger partial charge in [0.25, 0.3) is 0 Å². The van der Waals surface area contributed by atoms with E-state index in [0.29, 0.717) is 0 Å². The van der Waals surface area contributed by atoms with Gasteiger partial charge in [-0.2, -0.15) is 0 Å². The van der Waals surface area contributed by atoms with Crippen molar-refractivity contribution in [3.05, 3.63) is 0 Å². The number of carboxylic acid groups (broad SMARTS) is 1. The zero-order valence-corrected chi connectivity index (χ0v) is 7.89. The Bertz CT molecular complexity index is 246. The van der Waals surface area contributed by atoms with Crippen molar-refractivity contribution in [1.82, 2.24) is 5.32 Å². The first kappa shape index (κ1) is 11.4. The molecule has 1 atom stereocenters. The molecule has 0 saturated carbocycles. The smallest absolute Gasteiger partial charge is 0.320 e. The van der Waals surface area contributed by atoms with Gasteiger partial charge in [0.1, 0.15) is 15.9 Å². The lowest BCUT2D eigenvalue weighted by Crippen LogP contribution is -2.36. The normalized spacial score (nSPS) is 14.2. The molecule has 0 aromatic rings.